The van der Waals surface area contributed by atoms with Gasteiger partial charge in [-0.15, -0.1) is 0 Å². The fourth-order valence-corrected chi connectivity index (χ4v) is 2.39. The molecule has 120 valence electrons. The van der Waals surface area contributed by atoms with Crippen LogP contribution in [0, 0.1) is 0 Å². The van der Waals surface area contributed by atoms with Crippen LogP contribution in [0.3, 0.4) is 0 Å². The van der Waals surface area contributed by atoms with Gasteiger partial charge in [0.05, 0.1) is 0 Å². The Morgan fingerprint density at radius 2 is 1.91 bits per heavy atom. The van der Waals surface area contributed by atoms with Crippen LogP contribution in [0.2, 0.25) is 0 Å². The van der Waals surface area contributed by atoms with Gasteiger partial charge in [0, 0.05) is 17.8 Å². The second kappa shape index (κ2) is 6.07. The first kappa shape index (κ1) is 15.0. The summed E-state index contributed by atoms with van der Waals surface area (Å²) in [5.74, 6) is 1.28. The Morgan fingerprint density at radius 1 is 1.13 bits per heavy atom. The molecular formula is C15H18N6O2. The van der Waals surface area contributed by atoms with E-state index in [9.17, 15) is 9.59 Å². The van der Waals surface area contributed by atoms with Crippen LogP contribution < -0.4 is 16.6 Å². The summed E-state index contributed by atoms with van der Waals surface area (Å²) in [6.07, 6.45) is 3.73. The average Bonchev–Trinajstić information content (AvgIpc) is 2.97. The molecule has 0 aliphatic rings. The number of aromatic amines is 3. The van der Waals surface area contributed by atoms with Gasteiger partial charge in [0.1, 0.15) is 17.2 Å². The molecule has 0 unspecified atom stereocenters. The summed E-state index contributed by atoms with van der Waals surface area (Å²) in [6, 6.07) is 4.12. The molecule has 0 fully saturated rings. The quantitative estimate of drug-likeness (QED) is 0.570. The van der Waals surface area contributed by atoms with Crippen molar-refractivity contribution in [3.05, 3.63) is 39.2 Å². The number of anilines is 1. The highest BCUT2D eigenvalue weighted by Crippen LogP contribution is 2.18. The molecule has 0 bridgehead atoms. The van der Waals surface area contributed by atoms with Crippen molar-refractivity contribution in [1.82, 2.24) is 24.9 Å². The molecule has 0 saturated heterocycles. The Hall–Kier alpha value is -2.90. The average molecular weight is 314 g/mol. The molecule has 8 heteroatoms. The molecule has 23 heavy (non-hydrogen) atoms. The van der Waals surface area contributed by atoms with E-state index >= 15 is 0 Å². The lowest BCUT2D eigenvalue weighted by molar-refractivity contribution is 0.668. The second-order valence-electron chi connectivity index (χ2n) is 5.31. The van der Waals surface area contributed by atoms with E-state index in [-0.39, 0.29) is 11.2 Å². The normalized spacial score (nSPS) is 11.3. The van der Waals surface area contributed by atoms with Crippen LogP contribution in [0.4, 0.5) is 5.82 Å². The zero-order chi connectivity index (χ0) is 16.4. The number of imidazole rings is 1. The van der Waals surface area contributed by atoms with E-state index in [2.05, 4.69) is 44.1 Å². The maximum Gasteiger partial charge on any atom is 0.327 e. The number of pyridine rings is 1. The minimum absolute atomic E-state index is 0.230. The minimum atomic E-state index is -0.580. The Kier molecular flexibility index (Phi) is 3.96. The number of H-pyrrole nitrogens is 3. The van der Waals surface area contributed by atoms with Crippen LogP contribution in [-0.4, -0.2) is 31.0 Å². The van der Waals surface area contributed by atoms with Crippen LogP contribution in [0.15, 0.2) is 27.9 Å². The number of aromatic nitrogens is 5. The highest BCUT2D eigenvalue weighted by Gasteiger charge is 2.10. The molecule has 3 heterocycles. The van der Waals surface area contributed by atoms with Crippen LogP contribution in [-0.2, 0) is 0 Å². The van der Waals surface area contributed by atoms with E-state index in [1.165, 1.54) is 0 Å². The maximum absolute atomic E-state index is 11.7. The van der Waals surface area contributed by atoms with E-state index in [0.29, 0.717) is 11.9 Å². The Bertz CT molecular complexity index is 918. The topological polar surface area (TPSA) is 119 Å². The summed E-state index contributed by atoms with van der Waals surface area (Å²) in [6.45, 7) is 4.25. The van der Waals surface area contributed by atoms with Crippen LogP contribution in [0.1, 0.15) is 26.7 Å². The Labute approximate surface area is 131 Å². The number of hydrogen-bond acceptors (Lipinski definition) is 5. The van der Waals surface area contributed by atoms with Gasteiger partial charge in [-0.2, -0.15) is 0 Å². The Balaban J connectivity index is 1.92. The molecule has 8 nitrogen and oxygen atoms in total. The summed E-state index contributed by atoms with van der Waals surface area (Å²) in [5, 5.41) is 3.36. The molecule has 0 amide bonds. The number of fused-ring (bicyclic) bond motifs is 1. The van der Waals surface area contributed by atoms with E-state index < -0.39 is 11.2 Å². The summed E-state index contributed by atoms with van der Waals surface area (Å²) >= 11 is 0. The summed E-state index contributed by atoms with van der Waals surface area (Å²) in [4.78, 5) is 39.1. The molecule has 3 aromatic heterocycles. The highest BCUT2D eigenvalue weighted by molar-refractivity contribution is 5.74. The van der Waals surface area contributed by atoms with Gasteiger partial charge in [0.25, 0.3) is 5.56 Å². The van der Waals surface area contributed by atoms with Crippen molar-refractivity contribution in [2.45, 2.75) is 32.7 Å². The zero-order valence-corrected chi connectivity index (χ0v) is 12.9. The van der Waals surface area contributed by atoms with Gasteiger partial charge in [-0.05, 0) is 25.0 Å². The fraction of sp³-hybridized carbons (Fsp3) is 0.333. The number of rotatable bonds is 5. The van der Waals surface area contributed by atoms with Crippen molar-refractivity contribution in [3.63, 3.8) is 0 Å². The minimum Gasteiger partial charge on any atom is -0.367 e. The third-order valence-electron chi connectivity index (χ3n) is 3.76. The lowest BCUT2D eigenvalue weighted by atomic mass is 10.2. The molecule has 3 aromatic rings. The van der Waals surface area contributed by atoms with Gasteiger partial charge < -0.3 is 10.3 Å². The lowest BCUT2D eigenvalue weighted by Gasteiger charge is -2.15. The van der Waals surface area contributed by atoms with Crippen molar-refractivity contribution in [1.29, 1.82) is 0 Å². The van der Waals surface area contributed by atoms with Crippen molar-refractivity contribution < 1.29 is 0 Å². The largest absolute Gasteiger partial charge is 0.367 e. The number of hydrogen-bond donors (Lipinski definition) is 4. The van der Waals surface area contributed by atoms with Crippen molar-refractivity contribution in [2.24, 2.45) is 0 Å². The molecule has 0 saturated carbocycles. The van der Waals surface area contributed by atoms with E-state index in [0.717, 1.165) is 24.2 Å². The molecule has 0 aliphatic carbocycles. The van der Waals surface area contributed by atoms with Crippen molar-refractivity contribution in [2.75, 3.05) is 5.32 Å². The molecule has 0 radical (unpaired) electrons. The van der Waals surface area contributed by atoms with Gasteiger partial charge >= 0.3 is 5.69 Å². The fourth-order valence-electron chi connectivity index (χ4n) is 2.39. The molecule has 0 atom stereocenters. The van der Waals surface area contributed by atoms with Crippen LogP contribution in [0.25, 0.3) is 22.6 Å². The summed E-state index contributed by atoms with van der Waals surface area (Å²) in [5.41, 5.74) is 0.120. The molecule has 4 N–H and O–H groups in total. The number of nitrogens with zero attached hydrogens (tertiary/aromatic N) is 2. The molecule has 0 aliphatic heterocycles. The third kappa shape index (κ3) is 3.01. The lowest BCUT2D eigenvalue weighted by Crippen LogP contribution is -2.21. The van der Waals surface area contributed by atoms with E-state index in [4.69, 9.17) is 0 Å². The molecular weight excluding hydrogens is 296 g/mol. The highest BCUT2D eigenvalue weighted by atomic mass is 16.2. The van der Waals surface area contributed by atoms with Gasteiger partial charge in [-0.25, -0.2) is 14.8 Å². The van der Waals surface area contributed by atoms with E-state index in [1.54, 1.807) is 6.20 Å². The predicted octanol–water partition coefficient (Wildman–Crippen LogP) is 1.60. The maximum atomic E-state index is 11.7. The smallest absolute Gasteiger partial charge is 0.327 e. The van der Waals surface area contributed by atoms with Crippen molar-refractivity contribution in [3.8, 4) is 11.4 Å². The standard InChI is InChI=1S/C15H18N6O2/c1-3-9(4-2)17-10-6-5-8(7-16-10)12-18-11-13(19-12)20-15(23)21-14(11)22/h5-7,9H,3-4H2,1-2H3,(H,16,17)(H3,18,19,20,21,22,23). The first-order valence-electron chi connectivity index (χ1n) is 7.56. The van der Waals surface area contributed by atoms with Gasteiger partial charge in [-0.3, -0.25) is 14.8 Å². The molecule has 0 spiro atoms. The molecule has 0 aromatic carbocycles. The summed E-state index contributed by atoms with van der Waals surface area (Å²) < 4.78 is 0. The van der Waals surface area contributed by atoms with Crippen molar-refractivity contribution >= 4 is 17.0 Å². The zero-order valence-electron chi connectivity index (χ0n) is 12.9. The first-order valence-corrected chi connectivity index (χ1v) is 7.56. The van der Waals surface area contributed by atoms with Gasteiger partial charge in [-0.1, -0.05) is 13.8 Å². The van der Waals surface area contributed by atoms with E-state index in [1.807, 2.05) is 12.1 Å². The monoisotopic (exact) mass is 314 g/mol. The second-order valence-corrected chi connectivity index (χ2v) is 5.31. The predicted molar refractivity (Wildman–Crippen MR) is 88.6 cm³/mol. The van der Waals surface area contributed by atoms with Crippen LogP contribution >= 0.6 is 0 Å². The van der Waals surface area contributed by atoms with Crippen LogP contribution in [0.5, 0.6) is 0 Å². The van der Waals surface area contributed by atoms with Gasteiger partial charge in [0.2, 0.25) is 0 Å². The molecule has 3 rings (SSSR count). The van der Waals surface area contributed by atoms with Gasteiger partial charge in [0.15, 0.2) is 5.65 Å². The number of nitrogens with one attached hydrogen (secondary N) is 4. The SMILES string of the molecule is CCC(CC)Nc1ccc(-c2nc3[nH]c(=O)[nH]c(=O)c3[nH]2)cn1. The first-order chi connectivity index (χ1) is 11.1. The summed E-state index contributed by atoms with van der Waals surface area (Å²) in [7, 11) is 0. The Morgan fingerprint density at radius 3 is 2.57 bits per heavy atom. The third-order valence-corrected chi connectivity index (χ3v) is 3.76.